The van der Waals surface area contributed by atoms with Gasteiger partial charge in [-0.25, -0.2) is 9.80 Å². The van der Waals surface area contributed by atoms with Gasteiger partial charge in [0, 0.05) is 25.1 Å². The third kappa shape index (κ3) is 8.96. The number of nitrogens with one attached hydrogen (secondary N) is 2. The molecule has 2 aromatic carbocycles. The summed E-state index contributed by atoms with van der Waals surface area (Å²) in [6.07, 6.45) is 4.65. The Morgan fingerprint density at radius 2 is 1.48 bits per heavy atom. The standard InChI is InChI=1S/C26H35N3O4/c1-3-5-6-7-19-29(26(32)33)28-24(30)17-18-27-25(31)23-15-13-22(14-16-23)21-11-9-20(8-4-2)10-12-21/h9-16H,3-8,17-19H2,1-2H3,(H,27,31)(H,28,30)(H,32,33). The summed E-state index contributed by atoms with van der Waals surface area (Å²) in [5, 5.41) is 12.8. The van der Waals surface area contributed by atoms with E-state index in [1.54, 1.807) is 12.1 Å². The molecule has 0 heterocycles. The number of carbonyl (C=O) groups excluding carboxylic acids is 2. The zero-order chi connectivity index (χ0) is 24.1. The maximum Gasteiger partial charge on any atom is 0.426 e. The molecule has 0 aliphatic carbocycles. The monoisotopic (exact) mass is 453 g/mol. The molecule has 178 valence electrons. The molecule has 0 aliphatic heterocycles. The van der Waals surface area contributed by atoms with Gasteiger partial charge in [0.25, 0.3) is 5.91 Å². The number of amides is 3. The number of unbranched alkanes of at least 4 members (excludes halogenated alkanes) is 3. The number of hydrazine groups is 1. The van der Waals surface area contributed by atoms with Crippen molar-refractivity contribution in [3.63, 3.8) is 0 Å². The first-order valence-corrected chi connectivity index (χ1v) is 11.7. The third-order valence-electron chi connectivity index (χ3n) is 5.34. The van der Waals surface area contributed by atoms with E-state index in [1.807, 2.05) is 12.1 Å². The first-order chi connectivity index (χ1) is 15.9. The van der Waals surface area contributed by atoms with Crippen LogP contribution in [0.2, 0.25) is 0 Å². The van der Waals surface area contributed by atoms with Crippen LogP contribution in [-0.4, -0.2) is 41.1 Å². The van der Waals surface area contributed by atoms with Gasteiger partial charge in [-0.1, -0.05) is 75.9 Å². The minimum absolute atomic E-state index is 0.00727. The highest BCUT2D eigenvalue weighted by molar-refractivity contribution is 5.95. The van der Waals surface area contributed by atoms with Crippen LogP contribution in [0.5, 0.6) is 0 Å². The number of carboxylic acid groups (broad SMARTS) is 1. The Morgan fingerprint density at radius 1 is 0.848 bits per heavy atom. The van der Waals surface area contributed by atoms with E-state index < -0.39 is 12.0 Å². The molecule has 3 N–H and O–H groups in total. The van der Waals surface area contributed by atoms with Crippen molar-refractivity contribution in [1.82, 2.24) is 15.8 Å². The van der Waals surface area contributed by atoms with Crippen molar-refractivity contribution in [2.75, 3.05) is 13.1 Å². The van der Waals surface area contributed by atoms with Crippen molar-refractivity contribution in [2.24, 2.45) is 0 Å². The molecule has 0 fully saturated rings. The molecule has 0 aliphatic rings. The van der Waals surface area contributed by atoms with E-state index in [4.69, 9.17) is 0 Å². The number of hydrogen-bond donors (Lipinski definition) is 3. The summed E-state index contributed by atoms with van der Waals surface area (Å²) in [6.45, 7) is 4.60. The van der Waals surface area contributed by atoms with E-state index in [-0.39, 0.29) is 25.4 Å². The Morgan fingerprint density at radius 3 is 2.06 bits per heavy atom. The zero-order valence-corrected chi connectivity index (χ0v) is 19.6. The molecule has 0 spiro atoms. The molecule has 7 nitrogen and oxygen atoms in total. The summed E-state index contributed by atoms with van der Waals surface area (Å²) in [4.78, 5) is 35.7. The zero-order valence-electron chi connectivity index (χ0n) is 19.6. The Hall–Kier alpha value is -3.35. The Kier molecular flexibility index (Phi) is 10.9. The van der Waals surface area contributed by atoms with Gasteiger partial charge in [0.1, 0.15) is 0 Å². The van der Waals surface area contributed by atoms with Crippen molar-refractivity contribution >= 4 is 17.9 Å². The summed E-state index contributed by atoms with van der Waals surface area (Å²) < 4.78 is 0. The summed E-state index contributed by atoms with van der Waals surface area (Å²) in [5.74, 6) is -0.725. The number of aryl methyl sites for hydroxylation is 1. The van der Waals surface area contributed by atoms with E-state index in [2.05, 4.69) is 48.9 Å². The fourth-order valence-electron chi connectivity index (χ4n) is 3.46. The van der Waals surface area contributed by atoms with Crippen molar-refractivity contribution in [2.45, 2.75) is 58.8 Å². The molecule has 0 saturated heterocycles. The molecule has 33 heavy (non-hydrogen) atoms. The smallest absolute Gasteiger partial charge is 0.426 e. The fourth-order valence-corrected chi connectivity index (χ4v) is 3.46. The quantitative estimate of drug-likeness (QED) is 0.310. The van der Waals surface area contributed by atoms with Crippen molar-refractivity contribution in [1.29, 1.82) is 0 Å². The van der Waals surface area contributed by atoms with Gasteiger partial charge in [-0.15, -0.1) is 0 Å². The van der Waals surface area contributed by atoms with Crippen LogP contribution in [0.15, 0.2) is 48.5 Å². The third-order valence-corrected chi connectivity index (χ3v) is 5.34. The minimum atomic E-state index is -1.19. The van der Waals surface area contributed by atoms with E-state index in [1.165, 1.54) is 5.56 Å². The summed E-state index contributed by atoms with van der Waals surface area (Å²) in [7, 11) is 0. The molecule has 0 atom stereocenters. The van der Waals surface area contributed by atoms with Crippen LogP contribution in [0.3, 0.4) is 0 Å². The van der Waals surface area contributed by atoms with E-state index in [9.17, 15) is 19.5 Å². The molecule has 0 radical (unpaired) electrons. The first-order valence-electron chi connectivity index (χ1n) is 11.7. The van der Waals surface area contributed by atoms with Crippen molar-refractivity contribution in [3.8, 4) is 11.1 Å². The van der Waals surface area contributed by atoms with Crippen LogP contribution in [0.4, 0.5) is 4.79 Å². The van der Waals surface area contributed by atoms with Crippen LogP contribution >= 0.6 is 0 Å². The lowest BCUT2D eigenvalue weighted by Crippen LogP contribution is -2.46. The Labute approximate surface area is 196 Å². The van der Waals surface area contributed by atoms with Gasteiger partial charge in [-0.05, 0) is 41.7 Å². The Bertz CT molecular complexity index is 895. The number of benzene rings is 2. The first kappa shape index (κ1) is 25.9. The number of nitrogens with zero attached hydrogens (tertiary/aromatic N) is 1. The second-order valence-electron chi connectivity index (χ2n) is 8.06. The highest BCUT2D eigenvalue weighted by atomic mass is 16.4. The predicted octanol–water partition coefficient (Wildman–Crippen LogP) is 5.02. The average Bonchev–Trinajstić information content (AvgIpc) is 2.81. The molecular weight excluding hydrogens is 418 g/mol. The van der Waals surface area contributed by atoms with Crippen LogP contribution < -0.4 is 10.7 Å². The maximum atomic E-state index is 12.4. The number of hydrogen-bond acceptors (Lipinski definition) is 3. The van der Waals surface area contributed by atoms with Gasteiger partial charge < -0.3 is 10.4 Å². The highest BCUT2D eigenvalue weighted by Gasteiger charge is 2.15. The van der Waals surface area contributed by atoms with Gasteiger partial charge in [0.05, 0.1) is 0 Å². The van der Waals surface area contributed by atoms with Crippen molar-refractivity contribution in [3.05, 3.63) is 59.7 Å². The fraction of sp³-hybridized carbons (Fsp3) is 0.423. The van der Waals surface area contributed by atoms with Gasteiger partial charge in [0.2, 0.25) is 5.91 Å². The molecule has 7 heteroatoms. The van der Waals surface area contributed by atoms with Gasteiger partial charge in [-0.3, -0.25) is 15.0 Å². The molecule has 0 saturated carbocycles. The topological polar surface area (TPSA) is 98.7 Å². The second kappa shape index (κ2) is 13.9. The molecule has 0 bridgehead atoms. The summed E-state index contributed by atoms with van der Waals surface area (Å²) >= 11 is 0. The SMILES string of the molecule is CCCCCCN(NC(=O)CCNC(=O)c1ccc(-c2ccc(CCC)cc2)cc1)C(=O)O. The van der Waals surface area contributed by atoms with E-state index in [0.29, 0.717) is 12.0 Å². The molecular formula is C26H35N3O4. The molecule has 2 rings (SSSR count). The predicted molar refractivity (Wildman–Crippen MR) is 130 cm³/mol. The van der Waals surface area contributed by atoms with Crippen molar-refractivity contribution < 1.29 is 19.5 Å². The van der Waals surface area contributed by atoms with E-state index >= 15 is 0 Å². The molecule has 3 amide bonds. The van der Waals surface area contributed by atoms with Crippen LogP contribution in [-0.2, 0) is 11.2 Å². The largest absolute Gasteiger partial charge is 0.464 e. The number of rotatable bonds is 12. The summed E-state index contributed by atoms with van der Waals surface area (Å²) in [5.41, 5.74) is 6.32. The Balaban J connectivity index is 1.79. The lowest BCUT2D eigenvalue weighted by atomic mass is 10.0. The lowest BCUT2D eigenvalue weighted by molar-refractivity contribution is -0.125. The number of carbonyl (C=O) groups is 3. The van der Waals surface area contributed by atoms with Gasteiger partial charge in [-0.2, -0.15) is 0 Å². The average molecular weight is 454 g/mol. The van der Waals surface area contributed by atoms with Gasteiger partial charge >= 0.3 is 6.09 Å². The molecule has 0 aromatic heterocycles. The normalized spacial score (nSPS) is 10.5. The van der Waals surface area contributed by atoms with Crippen LogP contribution in [0.25, 0.3) is 11.1 Å². The minimum Gasteiger partial charge on any atom is -0.464 e. The maximum absolute atomic E-state index is 12.4. The van der Waals surface area contributed by atoms with Crippen LogP contribution in [0, 0.1) is 0 Å². The highest BCUT2D eigenvalue weighted by Crippen LogP contribution is 2.21. The lowest BCUT2D eigenvalue weighted by Gasteiger charge is -2.20. The molecule has 0 unspecified atom stereocenters. The van der Waals surface area contributed by atoms with E-state index in [0.717, 1.165) is 48.2 Å². The summed E-state index contributed by atoms with van der Waals surface area (Å²) in [6, 6.07) is 15.7. The second-order valence-corrected chi connectivity index (χ2v) is 8.06. The van der Waals surface area contributed by atoms with Gasteiger partial charge in [0.15, 0.2) is 0 Å². The van der Waals surface area contributed by atoms with Crippen LogP contribution in [0.1, 0.15) is 68.3 Å². The molecule has 2 aromatic rings.